The van der Waals surface area contributed by atoms with E-state index in [0.717, 1.165) is 11.5 Å². The van der Waals surface area contributed by atoms with Gasteiger partial charge in [-0.15, -0.1) is 0 Å². The lowest BCUT2D eigenvalue weighted by atomic mass is 9.93. The van der Waals surface area contributed by atoms with Crippen molar-refractivity contribution in [3.63, 3.8) is 0 Å². The molecule has 1 atom stereocenters. The Bertz CT molecular complexity index is 285. The Balaban J connectivity index is 2.74. The molecule has 16 heavy (non-hydrogen) atoms. The van der Waals surface area contributed by atoms with Gasteiger partial charge >= 0.3 is 5.97 Å². The molecule has 1 saturated heterocycles. The van der Waals surface area contributed by atoms with Crippen LogP contribution < -0.4 is 0 Å². The largest absolute Gasteiger partial charge is 0.481 e. The first-order chi connectivity index (χ1) is 7.32. The summed E-state index contributed by atoms with van der Waals surface area (Å²) in [4.78, 5) is 24.6. The Kier molecular flexibility index (Phi) is 4.24. The van der Waals surface area contributed by atoms with Gasteiger partial charge in [-0.2, -0.15) is 11.8 Å². The molecular weight excluding hydrogens is 226 g/mol. The first-order valence-electron chi connectivity index (χ1n) is 5.43. The smallest absolute Gasteiger partial charge is 0.305 e. The number of carbonyl (C=O) groups is 2. The first kappa shape index (κ1) is 13.4. The molecule has 1 N–H and O–H groups in total. The van der Waals surface area contributed by atoms with Gasteiger partial charge in [0.15, 0.2) is 0 Å². The van der Waals surface area contributed by atoms with Gasteiger partial charge in [0, 0.05) is 23.5 Å². The standard InChI is InChI=1S/C11H19NO3S/c1-11(2,3)10(15)12-4-5-16-7-8(12)6-9(13)14/h8H,4-7H2,1-3H3,(H,13,14). The molecule has 4 nitrogen and oxygen atoms in total. The molecule has 1 amide bonds. The highest BCUT2D eigenvalue weighted by molar-refractivity contribution is 7.99. The number of aliphatic carboxylic acids is 1. The predicted octanol–water partition coefficient (Wildman–Crippen LogP) is 1.45. The van der Waals surface area contributed by atoms with Crippen LogP contribution in [0.15, 0.2) is 0 Å². The minimum atomic E-state index is -0.834. The van der Waals surface area contributed by atoms with Crippen LogP contribution in [0.5, 0.6) is 0 Å². The molecule has 0 aromatic carbocycles. The van der Waals surface area contributed by atoms with Crippen molar-refractivity contribution in [1.82, 2.24) is 4.90 Å². The molecule has 0 aliphatic carbocycles. The van der Waals surface area contributed by atoms with Gasteiger partial charge in [-0.25, -0.2) is 0 Å². The van der Waals surface area contributed by atoms with Crippen LogP contribution in [0.1, 0.15) is 27.2 Å². The molecule has 5 heteroatoms. The van der Waals surface area contributed by atoms with Crippen molar-refractivity contribution in [3.05, 3.63) is 0 Å². The third kappa shape index (κ3) is 3.40. The molecule has 1 rings (SSSR count). The highest BCUT2D eigenvalue weighted by Gasteiger charge is 2.34. The van der Waals surface area contributed by atoms with Crippen LogP contribution in [0.2, 0.25) is 0 Å². The molecule has 1 fully saturated rings. The average Bonchev–Trinajstić information content (AvgIpc) is 2.15. The second-order valence-corrected chi connectivity index (χ2v) is 6.22. The molecule has 1 aliphatic heterocycles. The van der Waals surface area contributed by atoms with Gasteiger partial charge in [-0.3, -0.25) is 9.59 Å². The van der Waals surface area contributed by atoms with Gasteiger partial charge in [0.2, 0.25) is 5.91 Å². The molecular formula is C11H19NO3S. The van der Waals surface area contributed by atoms with E-state index in [0.29, 0.717) is 6.54 Å². The van der Waals surface area contributed by atoms with Crippen molar-refractivity contribution in [2.45, 2.75) is 33.2 Å². The number of carbonyl (C=O) groups excluding carboxylic acids is 1. The SMILES string of the molecule is CC(C)(C)C(=O)N1CCSCC1CC(=O)O. The number of amides is 1. The maximum absolute atomic E-state index is 12.1. The van der Waals surface area contributed by atoms with Gasteiger partial charge in [-0.1, -0.05) is 20.8 Å². The van der Waals surface area contributed by atoms with E-state index in [4.69, 9.17) is 5.11 Å². The highest BCUT2D eigenvalue weighted by Crippen LogP contribution is 2.25. The van der Waals surface area contributed by atoms with Gasteiger partial charge in [-0.05, 0) is 0 Å². The summed E-state index contributed by atoms with van der Waals surface area (Å²) in [5, 5.41) is 8.82. The topological polar surface area (TPSA) is 57.6 Å². The number of rotatable bonds is 2. The van der Waals surface area contributed by atoms with Crippen molar-refractivity contribution in [3.8, 4) is 0 Å². The molecule has 0 saturated carbocycles. The van der Waals surface area contributed by atoms with Crippen LogP contribution in [0, 0.1) is 5.41 Å². The summed E-state index contributed by atoms with van der Waals surface area (Å²) in [5.74, 6) is 0.852. The van der Waals surface area contributed by atoms with E-state index in [9.17, 15) is 9.59 Å². The maximum atomic E-state index is 12.1. The average molecular weight is 245 g/mol. The van der Waals surface area contributed by atoms with Crippen LogP contribution in [0.3, 0.4) is 0 Å². The Morgan fingerprint density at radius 1 is 1.44 bits per heavy atom. The number of nitrogens with zero attached hydrogens (tertiary/aromatic N) is 1. The summed E-state index contributed by atoms with van der Waals surface area (Å²) < 4.78 is 0. The number of carboxylic acids is 1. The Labute approximate surface area is 100 Å². The molecule has 0 spiro atoms. The van der Waals surface area contributed by atoms with Crippen LogP contribution >= 0.6 is 11.8 Å². The fraction of sp³-hybridized carbons (Fsp3) is 0.818. The number of carboxylic acid groups (broad SMARTS) is 1. The lowest BCUT2D eigenvalue weighted by molar-refractivity contribution is -0.144. The van der Waals surface area contributed by atoms with Crippen molar-refractivity contribution in [1.29, 1.82) is 0 Å². The molecule has 0 radical (unpaired) electrons. The number of hydrogen-bond donors (Lipinski definition) is 1. The summed E-state index contributed by atoms with van der Waals surface area (Å²) in [7, 11) is 0. The van der Waals surface area contributed by atoms with Crippen LogP contribution in [0.4, 0.5) is 0 Å². The van der Waals surface area contributed by atoms with E-state index in [1.165, 1.54) is 0 Å². The van der Waals surface area contributed by atoms with E-state index < -0.39 is 11.4 Å². The van der Waals surface area contributed by atoms with Crippen molar-refractivity contribution in [2.75, 3.05) is 18.1 Å². The molecule has 0 aromatic heterocycles. The van der Waals surface area contributed by atoms with Crippen molar-refractivity contribution < 1.29 is 14.7 Å². The summed E-state index contributed by atoms with van der Waals surface area (Å²) in [6.45, 7) is 6.28. The summed E-state index contributed by atoms with van der Waals surface area (Å²) in [6.07, 6.45) is 0.0504. The number of thioether (sulfide) groups is 1. The fourth-order valence-corrected chi connectivity index (χ4v) is 2.79. The van der Waals surface area contributed by atoms with E-state index in [1.54, 1.807) is 16.7 Å². The molecule has 0 bridgehead atoms. The predicted molar refractivity (Wildman–Crippen MR) is 64.5 cm³/mol. The Morgan fingerprint density at radius 2 is 2.06 bits per heavy atom. The minimum absolute atomic E-state index is 0.0504. The Hall–Kier alpha value is -0.710. The van der Waals surface area contributed by atoms with Gasteiger partial charge in [0.05, 0.1) is 12.5 Å². The van der Waals surface area contributed by atoms with Crippen LogP contribution in [-0.4, -0.2) is 46.0 Å². The normalized spacial score (nSPS) is 21.9. The summed E-state index contributed by atoms with van der Waals surface area (Å²) in [6, 6.07) is -0.150. The van der Waals surface area contributed by atoms with Gasteiger partial charge in [0.1, 0.15) is 0 Å². The Morgan fingerprint density at radius 3 is 2.56 bits per heavy atom. The van der Waals surface area contributed by atoms with Crippen LogP contribution in [-0.2, 0) is 9.59 Å². The van der Waals surface area contributed by atoms with Crippen molar-refractivity contribution >= 4 is 23.6 Å². The lowest BCUT2D eigenvalue weighted by Gasteiger charge is -2.38. The molecule has 1 unspecified atom stereocenters. The molecule has 92 valence electrons. The molecule has 1 aliphatic rings. The molecule has 1 heterocycles. The van der Waals surface area contributed by atoms with E-state index >= 15 is 0 Å². The monoisotopic (exact) mass is 245 g/mol. The maximum Gasteiger partial charge on any atom is 0.305 e. The van der Waals surface area contributed by atoms with Gasteiger partial charge < -0.3 is 10.0 Å². The molecule has 0 aromatic rings. The van der Waals surface area contributed by atoms with E-state index in [2.05, 4.69) is 0 Å². The lowest BCUT2D eigenvalue weighted by Crippen LogP contribution is -2.51. The highest BCUT2D eigenvalue weighted by atomic mass is 32.2. The minimum Gasteiger partial charge on any atom is -0.481 e. The van der Waals surface area contributed by atoms with E-state index in [1.807, 2.05) is 20.8 Å². The number of hydrogen-bond acceptors (Lipinski definition) is 3. The third-order valence-electron chi connectivity index (χ3n) is 2.54. The summed E-state index contributed by atoms with van der Waals surface area (Å²) >= 11 is 1.72. The fourth-order valence-electron chi connectivity index (χ4n) is 1.72. The second kappa shape index (κ2) is 5.08. The van der Waals surface area contributed by atoms with Crippen molar-refractivity contribution in [2.24, 2.45) is 5.41 Å². The van der Waals surface area contributed by atoms with Gasteiger partial charge in [0.25, 0.3) is 0 Å². The zero-order valence-corrected chi connectivity index (χ0v) is 10.8. The third-order valence-corrected chi connectivity index (χ3v) is 3.63. The van der Waals surface area contributed by atoms with E-state index in [-0.39, 0.29) is 18.4 Å². The zero-order valence-electron chi connectivity index (χ0n) is 10.0. The second-order valence-electron chi connectivity index (χ2n) is 5.08. The summed E-state index contributed by atoms with van der Waals surface area (Å²) in [5.41, 5.74) is -0.432. The quantitative estimate of drug-likeness (QED) is 0.800. The first-order valence-corrected chi connectivity index (χ1v) is 6.58. The van der Waals surface area contributed by atoms with Crippen LogP contribution in [0.25, 0.3) is 0 Å². The zero-order chi connectivity index (χ0) is 12.3.